The number of carboxylic acids is 1. The van der Waals surface area contributed by atoms with Gasteiger partial charge in [-0.2, -0.15) is 0 Å². The molecule has 1 aliphatic rings. The Balaban J connectivity index is 0.00000541. The number of aromatic nitrogens is 2. The summed E-state index contributed by atoms with van der Waals surface area (Å²) in [6.45, 7) is 12.2. The van der Waals surface area contributed by atoms with Crippen molar-refractivity contribution in [3.05, 3.63) is 81.4 Å². The SMILES string of the molecule is Cc1nc2ccc3ccc(CN(C(=O)OC(C)(C)C)c4ccc5c(c4)CN(C(CCC(=O)OC(C)(C)C)C(=O)O)C5=O)cc3c2c(=O)[nH]1.[Fm]. The summed E-state index contributed by atoms with van der Waals surface area (Å²) in [7, 11) is 0. The van der Waals surface area contributed by atoms with Crippen LogP contribution in [0.1, 0.15) is 81.7 Å². The number of fused-ring (bicyclic) bond motifs is 4. The van der Waals surface area contributed by atoms with Gasteiger partial charge >= 0.3 is 18.0 Å². The molecule has 2 N–H and O–H groups in total. The number of carbonyl (C=O) groups is 4. The molecule has 3 aromatic carbocycles. The van der Waals surface area contributed by atoms with E-state index >= 15 is 0 Å². The maximum atomic E-state index is 13.6. The topological polar surface area (TPSA) is 159 Å². The van der Waals surface area contributed by atoms with E-state index in [9.17, 15) is 29.1 Å². The van der Waals surface area contributed by atoms with E-state index < -0.39 is 41.2 Å². The first-order valence-corrected chi connectivity index (χ1v) is 15.7. The van der Waals surface area contributed by atoms with Crippen LogP contribution < -0.4 is 10.5 Å². The van der Waals surface area contributed by atoms with Gasteiger partial charge in [0.05, 0.1) is 17.4 Å². The Morgan fingerprint density at radius 2 is 1.65 bits per heavy atom. The van der Waals surface area contributed by atoms with Crippen LogP contribution in [-0.4, -0.2) is 61.2 Å². The standard InChI is InChI=1S/C36H40N4O8.Fm/c1-20-37-27-13-10-22-9-8-21(16-26(22)30(27)31(42)38-20)18-39(34(46)48-36(5,6)7)24-11-12-25-23(17-24)19-40(32(25)43)28(33(44)45)14-15-29(41)47-35(2,3)4;/h8-13,16-17,28H,14-15,18-19H2,1-7H3,(H,44,45)(H,37,38,42);. The van der Waals surface area contributed by atoms with Crippen LogP contribution in [-0.2, 0) is 32.2 Å². The first kappa shape index (κ1) is 35.6. The molecular weight excluding hydrogens is 873 g/mol. The van der Waals surface area contributed by atoms with E-state index in [0.717, 1.165) is 5.39 Å². The fourth-order valence-corrected chi connectivity index (χ4v) is 5.79. The molecule has 1 unspecified atom stereocenters. The van der Waals surface area contributed by atoms with Crippen molar-refractivity contribution in [2.75, 3.05) is 4.90 Å². The number of benzene rings is 3. The summed E-state index contributed by atoms with van der Waals surface area (Å²) in [6.07, 6.45) is -0.915. The monoisotopic (exact) mass is 913 g/mol. The molecule has 4 aromatic rings. The predicted molar refractivity (Wildman–Crippen MR) is 180 cm³/mol. The number of aliphatic carboxylic acids is 1. The van der Waals surface area contributed by atoms with E-state index in [2.05, 4.69) is 9.97 Å². The van der Waals surface area contributed by atoms with Crippen molar-refractivity contribution >= 4 is 51.3 Å². The van der Waals surface area contributed by atoms with Crippen molar-refractivity contribution < 1.29 is 33.8 Å². The van der Waals surface area contributed by atoms with Gasteiger partial charge in [0.15, 0.2) is 0 Å². The van der Waals surface area contributed by atoms with Crippen molar-refractivity contribution in [3.63, 3.8) is 0 Å². The number of esters is 1. The van der Waals surface area contributed by atoms with Gasteiger partial charge in [-0.05, 0) is 107 Å². The van der Waals surface area contributed by atoms with Crippen molar-refractivity contribution in [1.29, 1.82) is 0 Å². The summed E-state index contributed by atoms with van der Waals surface area (Å²) >= 11 is 0. The first-order chi connectivity index (χ1) is 22.4. The molecule has 1 aliphatic heterocycles. The number of aromatic amines is 1. The van der Waals surface area contributed by atoms with Gasteiger partial charge < -0.3 is 24.5 Å². The summed E-state index contributed by atoms with van der Waals surface area (Å²) in [6, 6.07) is 12.9. The molecule has 0 spiro atoms. The van der Waals surface area contributed by atoms with Crippen molar-refractivity contribution in [1.82, 2.24) is 14.9 Å². The van der Waals surface area contributed by atoms with E-state index in [1.165, 1.54) is 9.80 Å². The minimum Gasteiger partial charge on any atom is -0.480 e. The quantitative estimate of drug-likeness (QED) is 0.163. The maximum absolute atomic E-state index is 13.6. The van der Waals surface area contributed by atoms with Gasteiger partial charge in [0.25, 0.3) is 11.5 Å². The number of hydrogen-bond acceptors (Lipinski definition) is 8. The van der Waals surface area contributed by atoms with E-state index in [1.807, 2.05) is 24.3 Å². The number of hydrogen-bond donors (Lipinski definition) is 2. The third-order valence-corrected chi connectivity index (χ3v) is 7.76. The smallest absolute Gasteiger partial charge is 0.415 e. The second-order valence-corrected chi connectivity index (χ2v) is 14.0. The molecule has 0 bridgehead atoms. The fourth-order valence-electron chi connectivity index (χ4n) is 5.79. The number of H-pyrrole nitrogens is 1. The molecule has 1 atom stereocenters. The molecule has 0 saturated heterocycles. The summed E-state index contributed by atoms with van der Waals surface area (Å²) in [5, 5.41) is 12.0. The van der Waals surface area contributed by atoms with Gasteiger partial charge in [-0.1, -0.05) is 18.2 Å². The third kappa shape index (κ3) is 7.83. The molecule has 0 aliphatic carbocycles. The van der Waals surface area contributed by atoms with Crippen LogP contribution in [0.2, 0.25) is 0 Å². The van der Waals surface area contributed by atoms with Gasteiger partial charge in [0, 0.05) is 24.2 Å². The average molecular weight is 914 g/mol. The summed E-state index contributed by atoms with van der Waals surface area (Å²) < 4.78 is 11.1. The Morgan fingerprint density at radius 3 is 2.31 bits per heavy atom. The van der Waals surface area contributed by atoms with Crippen LogP contribution in [0.4, 0.5) is 10.5 Å². The van der Waals surface area contributed by atoms with E-state index in [-0.39, 0.29) is 31.5 Å². The number of nitrogens with zero attached hydrogens (tertiary/aromatic N) is 3. The fraction of sp³-hybridized carbons (Fsp3) is 0.389. The third-order valence-electron chi connectivity index (χ3n) is 7.76. The van der Waals surface area contributed by atoms with E-state index in [0.29, 0.717) is 44.5 Å². The number of carbonyl (C=O) groups excluding carboxylic acids is 3. The van der Waals surface area contributed by atoms with Crippen LogP contribution in [0.15, 0.2) is 53.3 Å². The number of aryl methyl sites for hydroxylation is 1. The van der Waals surface area contributed by atoms with Crippen LogP contribution in [0.25, 0.3) is 21.7 Å². The Kier molecular flexibility index (Phi) is 9.51. The van der Waals surface area contributed by atoms with Crippen LogP contribution in [0, 0.1) is 6.92 Å². The van der Waals surface area contributed by atoms with Gasteiger partial charge in [-0.25, -0.2) is 14.6 Å². The minimum atomic E-state index is -1.25. The zero-order chi connectivity index (χ0) is 35.1. The first-order valence-electron chi connectivity index (χ1n) is 15.7. The summed E-state index contributed by atoms with van der Waals surface area (Å²) in [5.74, 6) is -1.76. The van der Waals surface area contributed by atoms with E-state index in [4.69, 9.17) is 9.47 Å². The normalized spacial score (nSPS) is 13.5. The molecule has 0 fully saturated rings. The van der Waals surface area contributed by atoms with Crippen molar-refractivity contribution in [2.24, 2.45) is 0 Å². The molecule has 1 aromatic heterocycles. The number of nitrogens with one attached hydrogen (secondary N) is 1. The van der Waals surface area contributed by atoms with Crippen LogP contribution in [0.5, 0.6) is 0 Å². The molecule has 264 valence electrons. The molecule has 2 amide bonds. The number of ether oxygens (including phenoxy) is 2. The predicted octanol–water partition coefficient (Wildman–Crippen LogP) is 5.86. The summed E-state index contributed by atoms with van der Waals surface area (Å²) in [5.41, 5.74) is 0.765. The Hall–Kier alpha value is -6.26. The van der Waals surface area contributed by atoms with E-state index in [1.54, 1.807) is 72.7 Å². The Morgan fingerprint density at radius 1 is 0.980 bits per heavy atom. The van der Waals surface area contributed by atoms with Crippen molar-refractivity contribution in [3.8, 4) is 0 Å². The van der Waals surface area contributed by atoms with Gasteiger partial charge in [0.1, 0.15) is 23.1 Å². The van der Waals surface area contributed by atoms with Crippen LogP contribution in [0.3, 0.4) is 0 Å². The Labute approximate surface area is 277 Å². The number of rotatable bonds is 8. The molecule has 49 heavy (non-hydrogen) atoms. The molecule has 0 radical (unpaired) electrons. The van der Waals surface area contributed by atoms with Gasteiger partial charge in [-0.3, -0.25) is 19.3 Å². The molecule has 0 saturated carbocycles. The number of carboxylic acid groups (broad SMARTS) is 1. The Bertz CT molecular complexity index is 2010. The largest absolute Gasteiger partial charge is 0.480 e. The second kappa shape index (κ2) is 13.1. The average Bonchev–Trinajstić information content (AvgIpc) is 3.28. The summed E-state index contributed by atoms with van der Waals surface area (Å²) in [4.78, 5) is 74.4. The number of anilines is 1. The molecule has 5 rings (SSSR count). The zero-order valence-corrected chi connectivity index (χ0v) is 30.9. The minimum absolute atomic E-state index is 0. The van der Waals surface area contributed by atoms with Crippen LogP contribution >= 0.6 is 0 Å². The second-order valence-electron chi connectivity index (χ2n) is 14.0. The maximum Gasteiger partial charge on any atom is 0.415 e. The molecular formula is C36H40FmN4O8. The van der Waals surface area contributed by atoms with Gasteiger partial charge in [0.2, 0.25) is 0 Å². The van der Waals surface area contributed by atoms with Gasteiger partial charge in [-0.15, -0.1) is 0 Å². The van der Waals surface area contributed by atoms with Crippen molar-refractivity contribution in [2.45, 2.75) is 91.6 Å². The zero-order valence-electron chi connectivity index (χ0n) is 28.5. The number of amides is 2. The molecule has 2 heterocycles. The molecule has 12 nitrogen and oxygen atoms in total. The molecule has 13 heteroatoms.